The first-order valence-corrected chi connectivity index (χ1v) is 5.33. The average Bonchev–Trinajstić information content (AvgIpc) is 2.75. The van der Waals surface area contributed by atoms with Crippen molar-refractivity contribution < 1.29 is 14.7 Å². The average molecular weight is 238 g/mol. The molecular weight excluding hydrogens is 224 g/mol. The van der Waals surface area contributed by atoms with Crippen molar-refractivity contribution in [2.75, 3.05) is 19.6 Å². The Hall–Kier alpha value is -1.89. The van der Waals surface area contributed by atoms with Crippen LogP contribution in [-0.2, 0) is 11.8 Å². The predicted octanol–water partition coefficient (Wildman–Crippen LogP) is -1.08. The van der Waals surface area contributed by atoms with Crippen LogP contribution in [0.15, 0.2) is 12.3 Å². The van der Waals surface area contributed by atoms with E-state index in [9.17, 15) is 9.59 Å². The zero-order chi connectivity index (χ0) is 12.4. The molecule has 92 valence electrons. The molecule has 1 atom stereocenters. The van der Waals surface area contributed by atoms with Crippen molar-refractivity contribution in [3.8, 4) is 0 Å². The first kappa shape index (κ1) is 11.6. The van der Waals surface area contributed by atoms with Crippen molar-refractivity contribution in [1.29, 1.82) is 0 Å². The molecule has 2 N–H and O–H groups in total. The Balaban J connectivity index is 2.19. The Morgan fingerprint density at radius 1 is 1.59 bits per heavy atom. The molecule has 1 unspecified atom stereocenters. The van der Waals surface area contributed by atoms with Gasteiger partial charge in [-0.25, -0.2) is 4.79 Å². The van der Waals surface area contributed by atoms with E-state index in [1.54, 1.807) is 19.3 Å². The quantitative estimate of drug-likeness (QED) is 0.684. The van der Waals surface area contributed by atoms with Crippen LogP contribution < -0.4 is 5.32 Å². The first-order valence-electron chi connectivity index (χ1n) is 5.33. The van der Waals surface area contributed by atoms with Crippen LogP contribution in [0.2, 0.25) is 0 Å². The fourth-order valence-corrected chi connectivity index (χ4v) is 1.84. The zero-order valence-electron chi connectivity index (χ0n) is 9.46. The second-order valence-corrected chi connectivity index (χ2v) is 3.93. The molecule has 1 fully saturated rings. The van der Waals surface area contributed by atoms with Gasteiger partial charge in [-0.2, -0.15) is 5.10 Å². The summed E-state index contributed by atoms with van der Waals surface area (Å²) in [5.41, 5.74) is 0.278. The molecule has 0 saturated carbocycles. The van der Waals surface area contributed by atoms with E-state index in [4.69, 9.17) is 5.11 Å². The van der Waals surface area contributed by atoms with Gasteiger partial charge in [0.1, 0.15) is 11.7 Å². The van der Waals surface area contributed by atoms with Gasteiger partial charge in [0.15, 0.2) is 0 Å². The van der Waals surface area contributed by atoms with E-state index in [2.05, 4.69) is 10.4 Å². The maximum Gasteiger partial charge on any atom is 0.327 e. The topological polar surface area (TPSA) is 87.5 Å². The van der Waals surface area contributed by atoms with E-state index in [1.165, 1.54) is 9.58 Å². The molecule has 0 spiro atoms. The van der Waals surface area contributed by atoms with E-state index in [0.717, 1.165) is 0 Å². The second kappa shape index (κ2) is 4.54. The van der Waals surface area contributed by atoms with Crippen molar-refractivity contribution in [1.82, 2.24) is 20.0 Å². The molecule has 1 amide bonds. The van der Waals surface area contributed by atoms with Crippen LogP contribution in [0.3, 0.4) is 0 Å². The largest absolute Gasteiger partial charge is 0.480 e. The number of amides is 1. The molecule has 0 aromatic carbocycles. The summed E-state index contributed by atoms with van der Waals surface area (Å²) in [7, 11) is 1.71. The summed E-state index contributed by atoms with van der Waals surface area (Å²) in [6, 6.07) is 0.766. The number of aliphatic carboxylic acids is 1. The van der Waals surface area contributed by atoms with Crippen LogP contribution in [0, 0.1) is 0 Å². The highest BCUT2D eigenvalue weighted by molar-refractivity contribution is 5.95. The molecule has 2 rings (SSSR count). The Bertz CT molecular complexity index is 443. The third-order valence-corrected chi connectivity index (χ3v) is 2.72. The van der Waals surface area contributed by atoms with Gasteiger partial charge in [0, 0.05) is 32.9 Å². The van der Waals surface area contributed by atoms with Crippen LogP contribution in [0.1, 0.15) is 10.5 Å². The predicted molar refractivity (Wildman–Crippen MR) is 58.5 cm³/mol. The second-order valence-electron chi connectivity index (χ2n) is 3.93. The van der Waals surface area contributed by atoms with Gasteiger partial charge in [-0.05, 0) is 6.07 Å². The van der Waals surface area contributed by atoms with Gasteiger partial charge < -0.3 is 15.3 Å². The minimum atomic E-state index is -0.999. The van der Waals surface area contributed by atoms with Gasteiger partial charge in [0.25, 0.3) is 5.91 Å². The van der Waals surface area contributed by atoms with Gasteiger partial charge in [-0.15, -0.1) is 0 Å². The molecule has 0 bridgehead atoms. The molecular formula is C10H14N4O3. The third-order valence-electron chi connectivity index (χ3n) is 2.72. The summed E-state index contributed by atoms with van der Waals surface area (Å²) in [6.07, 6.45) is 1.66. The standard InChI is InChI=1S/C10H14N4O3/c1-13-4-2-7(12-13)9(15)14-5-3-11-6-8(14)10(16)17/h2,4,8,11H,3,5-6H2,1H3,(H,16,17). The Morgan fingerprint density at radius 2 is 2.35 bits per heavy atom. The number of aryl methyl sites for hydroxylation is 1. The monoisotopic (exact) mass is 238 g/mol. The Labute approximate surface area is 98.0 Å². The van der Waals surface area contributed by atoms with Crippen molar-refractivity contribution in [3.63, 3.8) is 0 Å². The van der Waals surface area contributed by atoms with Crippen LogP contribution in [-0.4, -0.2) is 57.3 Å². The van der Waals surface area contributed by atoms with Gasteiger partial charge in [0.05, 0.1) is 0 Å². The summed E-state index contributed by atoms with van der Waals surface area (Å²) in [5, 5.41) is 16.0. The number of hydrogen-bond donors (Lipinski definition) is 2. The van der Waals surface area contributed by atoms with Gasteiger partial charge >= 0.3 is 5.97 Å². The summed E-state index contributed by atoms with van der Waals surface area (Å²) in [6.45, 7) is 1.25. The van der Waals surface area contributed by atoms with Crippen LogP contribution in [0.25, 0.3) is 0 Å². The van der Waals surface area contributed by atoms with Crippen LogP contribution in [0.5, 0.6) is 0 Å². The minimum absolute atomic E-state index is 0.272. The lowest BCUT2D eigenvalue weighted by Crippen LogP contribution is -2.57. The van der Waals surface area contributed by atoms with Gasteiger partial charge in [0.2, 0.25) is 0 Å². The van der Waals surface area contributed by atoms with E-state index in [-0.39, 0.29) is 18.1 Å². The molecule has 2 heterocycles. The summed E-state index contributed by atoms with van der Waals surface area (Å²) < 4.78 is 1.52. The molecule has 7 heteroatoms. The molecule has 1 aliphatic rings. The fourth-order valence-electron chi connectivity index (χ4n) is 1.84. The molecule has 1 saturated heterocycles. The number of carboxylic acid groups (broad SMARTS) is 1. The number of carbonyl (C=O) groups excluding carboxylic acids is 1. The third kappa shape index (κ3) is 2.28. The Kier molecular flexibility index (Phi) is 3.10. The smallest absolute Gasteiger partial charge is 0.327 e. The van der Waals surface area contributed by atoms with Crippen molar-refractivity contribution in [2.24, 2.45) is 7.05 Å². The lowest BCUT2D eigenvalue weighted by molar-refractivity contribution is -0.142. The zero-order valence-corrected chi connectivity index (χ0v) is 9.46. The molecule has 1 aromatic rings. The van der Waals surface area contributed by atoms with Crippen molar-refractivity contribution >= 4 is 11.9 Å². The molecule has 17 heavy (non-hydrogen) atoms. The normalized spacial score (nSPS) is 20.3. The highest BCUT2D eigenvalue weighted by Crippen LogP contribution is 2.09. The highest BCUT2D eigenvalue weighted by Gasteiger charge is 2.33. The summed E-state index contributed by atoms with van der Waals surface area (Å²) in [5.74, 6) is -1.33. The van der Waals surface area contributed by atoms with Crippen LogP contribution >= 0.6 is 0 Å². The van der Waals surface area contributed by atoms with E-state index in [0.29, 0.717) is 13.1 Å². The Morgan fingerprint density at radius 3 is 2.94 bits per heavy atom. The summed E-state index contributed by atoms with van der Waals surface area (Å²) in [4.78, 5) is 24.5. The number of carboxylic acids is 1. The maximum absolute atomic E-state index is 12.1. The van der Waals surface area contributed by atoms with E-state index in [1.807, 2.05) is 0 Å². The van der Waals surface area contributed by atoms with E-state index >= 15 is 0 Å². The maximum atomic E-state index is 12.1. The number of piperazine rings is 1. The number of rotatable bonds is 2. The minimum Gasteiger partial charge on any atom is -0.480 e. The number of aromatic nitrogens is 2. The lowest BCUT2D eigenvalue weighted by atomic mass is 10.2. The van der Waals surface area contributed by atoms with Crippen molar-refractivity contribution in [3.05, 3.63) is 18.0 Å². The molecule has 7 nitrogen and oxygen atoms in total. The molecule has 1 aliphatic heterocycles. The van der Waals surface area contributed by atoms with Gasteiger partial charge in [-0.3, -0.25) is 9.48 Å². The fraction of sp³-hybridized carbons (Fsp3) is 0.500. The number of hydrogen-bond acceptors (Lipinski definition) is 4. The summed E-state index contributed by atoms with van der Waals surface area (Å²) >= 11 is 0. The SMILES string of the molecule is Cn1ccc(C(=O)N2CCNCC2C(=O)O)n1. The molecule has 0 aliphatic carbocycles. The number of nitrogens with zero attached hydrogens (tertiary/aromatic N) is 3. The highest BCUT2D eigenvalue weighted by atomic mass is 16.4. The number of carbonyl (C=O) groups is 2. The molecule has 0 radical (unpaired) electrons. The van der Waals surface area contributed by atoms with Crippen molar-refractivity contribution in [2.45, 2.75) is 6.04 Å². The number of nitrogens with one attached hydrogen (secondary N) is 1. The van der Waals surface area contributed by atoms with E-state index < -0.39 is 12.0 Å². The first-order chi connectivity index (χ1) is 8.09. The molecule has 1 aromatic heterocycles. The van der Waals surface area contributed by atoms with Gasteiger partial charge in [-0.1, -0.05) is 0 Å². The lowest BCUT2D eigenvalue weighted by Gasteiger charge is -2.32. The van der Waals surface area contributed by atoms with Crippen LogP contribution in [0.4, 0.5) is 0 Å².